The molecule has 1 aromatic rings. The first kappa shape index (κ1) is 20.0. The zero-order chi connectivity index (χ0) is 17.2. The number of carbonyl (C=O) groups excluding carboxylic acids is 1. The third-order valence-electron chi connectivity index (χ3n) is 4.99. The van der Waals surface area contributed by atoms with Crippen molar-refractivity contribution in [3.05, 3.63) is 35.9 Å². The number of halogens is 4. The van der Waals surface area contributed by atoms with Crippen LogP contribution in [0, 0.1) is 11.3 Å². The Labute approximate surface area is 151 Å². The summed E-state index contributed by atoms with van der Waals surface area (Å²) in [5, 5.41) is 5.58. The molecule has 2 fully saturated rings. The van der Waals surface area contributed by atoms with E-state index in [2.05, 4.69) is 10.6 Å². The zero-order valence-electron chi connectivity index (χ0n) is 13.8. The Balaban J connectivity index is 0.00000225. The normalized spacial score (nSPS) is 24.4. The van der Waals surface area contributed by atoms with E-state index >= 15 is 0 Å². The number of carbonyl (C=O) groups is 1. The molecule has 3 rings (SSSR count). The van der Waals surface area contributed by atoms with Crippen molar-refractivity contribution >= 4 is 18.3 Å². The Morgan fingerprint density at radius 2 is 1.96 bits per heavy atom. The lowest BCUT2D eigenvalue weighted by molar-refractivity contribution is -0.218. The van der Waals surface area contributed by atoms with E-state index in [1.54, 1.807) is 4.90 Å². The van der Waals surface area contributed by atoms with Gasteiger partial charge in [0.2, 0.25) is 5.91 Å². The first-order valence-corrected chi connectivity index (χ1v) is 8.23. The summed E-state index contributed by atoms with van der Waals surface area (Å²) >= 11 is 0. The maximum atomic E-state index is 13.7. The van der Waals surface area contributed by atoms with Gasteiger partial charge in [-0.15, -0.1) is 12.4 Å². The molecule has 4 nitrogen and oxygen atoms in total. The second-order valence-corrected chi connectivity index (χ2v) is 6.76. The first-order chi connectivity index (χ1) is 11.4. The van der Waals surface area contributed by atoms with Crippen LogP contribution in [0.3, 0.4) is 0 Å². The zero-order valence-corrected chi connectivity index (χ0v) is 14.6. The molecule has 2 heterocycles. The van der Waals surface area contributed by atoms with E-state index in [0.717, 1.165) is 18.7 Å². The SMILES string of the molecule is Cl.O=C(NCC1CNC1)C1(C(F)(F)F)CCN(Cc2ccccc2)C1. The smallest absolute Gasteiger partial charge is 0.355 e. The number of alkyl halides is 3. The van der Waals surface area contributed by atoms with E-state index in [1.165, 1.54) is 0 Å². The molecule has 1 amide bonds. The predicted molar refractivity (Wildman–Crippen MR) is 91.4 cm³/mol. The number of benzene rings is 1. The summed E-state index contributed by atoms with van der Waals surface area (Å²) in [6.45, 7) is 2.23. The van der Waals surface area contributed by atoms with Gasteiger partial charge >= 0.3 is 6.18 Å². The van der Waals surface area contributed by atoms with E-state index in [-0.39, 0.29) is 37.8 Å². The molecular weight excluding hydrogens is 355 g/mol. The van der Waals surface area contributed by atoms with Gasteiger partial charge in [-0.1, -0.05) is 30.3 Å². The lowest BCUT2D eigenvalue weighted by Crippen LogP contribution is -2.55. The second-order valence-electron chi connectivity index (χ2n) is 6.76. The molecule has 0 saturated carbocycles. The Kier molecular flexibility index (Phi) is 6.35. The molecule has 2 aliphatic rings. The van der Waals surface area contributed by atoms with E-state index in [1.807, 2.05) is 30.3 Å². The average molecular weight is 378 g/mol. The van der Waals surface area contributed by atoms with Gasteiger partial charge in [0, 0.05) is 38.6 Å². The van der Waals surface area contributed by atoms with E-state index in [9.17, 15) is 18.0 Å². The molecule has 0 aliphatic carbocycles. The standard InChI is InChI=1S/C17H22F3N3O.ClH/c18-17(19,20)16(15(24)22-10-14-8-21-9-14)6-7-23(12-16)11-13-4-2-1-3-5-13;/h1-5,14,21H,6-12H2,(H,22,24);1H. The lowest BCUT2D eigenvalue weighted by atomic mass is 9.85. The van der Waals surface area contributed by atoms with Crippen molar-refractivity contribution in [3.63, 3.8) is 0 Å². The van der Waals surface area contributed by atoms with Gasteiger partial charge < -0.3 is 10.6 Å². The summed E-state index contributed by atoms with van der Waals surface area (Å²) < 4.78 is 41.1. The number of likely N-dealkylation sites (tertiary alicyclic amines) is 1. The molecule has 2 saturated heterocycles. The van der Waals surface area contributed by atoms with Crippen LogP contribution >= 0.6 is 12.4 Å². The highest BCUT2D eigenvalue weighted by molar-refractivity contribution is 5.85. The second kappa shape index (κ2) is 7.93. The van der Waals surface area contributed by atoms with Crippen LogP contribution in [0.15, 0.2) is 30.3 Å². The summed E-state index contributed by atoms with van der Waals surface area (Å²) in [6.07, 6.45) is -4.72. The average Bonchev–Trinajstić information content (AvgIpc) is 2.91. The molecule has 2 N–H and O–H groups in total. The maximum Gasteiger partial charge on any atom is 0.404 e. The third-order valence-corrected chi connectivity index (χ3v) is 4.99. The van der Waals surface area contributed by atoms with Gasteiger partial charge in [0.1, 0.15) is 0 Å². The van der Waals surface area contributed by atoms with Crippen molar-refractivity contribution in [2.75, 3.05) is 32.7 Å². The number of hydrogen-bond donors (Lipinski definition) is 2. The van der Waals surface area contributed by atoms with Gasteiger partial charge in [0.25, 0.3) is 0 Å². The van der Waals surface area contributed by atoms with Crippen LogP contribution in [0.2, 0.25) is 0 Å². The molecule has 1 aromatic carbocycles. The number of hydrogen-bond acceptors (Lipinski definition) is 3. The molecule has 2 aliphatic heterocycles. The van der Waals surface area contributed by atoms with Gasteiger partial charge in [-0.25, -0.2) is 0 Å². The van der Waals surface area contributed by atoms with Crippen molar-refractivity contribution in [3.8, 4) is 0 Å². The lowest BCUT2D eigenvalue weighted by Gasteiger charge is -2.33. The topological polar surface area (TPSA) is 44.4 Å². The van der Waals surface area contributed by atoms with Crippen molar-refractivity contribution < 1.29 is 18.0 Å². The maximum absolute atomic E-state index is 13.7. The number of amides is 1. The molecule has 0 radical (unpaired) electrons. The highest BCUT2D eigenvalue weighted by Gasteiger charge is 2.62. The minimum Gasteiger partial charge on any atom is -0.355 e. The van der Waals surface area contributed by atoms with Gasteiger partial charge in [0.15, 0.2) is 5.41 Å². The van der Waals surface area contributed by atoms with E-state index < -0.39 is 17.5 Å². The van der Waals surface area contributed by atoms with Crippen LogP contribution in [0.5, 0.6) is 0 Å². The number of nitrogens with one attached hydrogen (secondary N) is 2. The van der Waals surface area contributed by atoms with Crippen LogP contribution in [-0.2, 0) is 11.3 Å². The minimum atomic E-state index is -4.54. The highest BCUT2D eigenvalue weighted by atomic mass is 35.5. The Hall–Kier alpha value is -1.31. The van der Waals surface area contributed by atoms with Crippen LogP contribution < -0.4 is 10.6 Å². The van der Waals surface area contributed by atoms with Crippen LogP contribution in [0.1, 0.15) is 12.0 Å². The molecule has 140 valence electrons. The van der Waals surface area contributed by atoms with Gasteiger partial charge in [-0.3, -0.25) is 9.69 Å². The van der Waals surface area contributed by atoms with Crippen LogP contribution in [-0.4, -0.2) is 49.7 Å². The van der Waals surface area contributed by atoms with E-state index in [4.69, 9.17) is 0 Å². The fourth-order valence-electron chi connectivity index (χ4n) is 3.31. The van der Waals surface area contributed by atoms with Crippen molar-refractivity contribution in [1.82, 2.24) is 15.5 Å². The fourth-order valence-corrected chi connectivity index (χ4v) is 3.31. The van der Waals surface area contributed by atoms with Crippen LogP contribution in [0.4, 0.5) is 13.2 Å². The summed E-state index contributed by atoms with van der Waals surface area (Å²) in [7, 11) is 0. The Morgan fingerprint density at radius 1 is 1.28 bits per heavy atom. The molecule has 0 bridgehead atoms. The molecule has 0 spiro atoms. The van der Waals surface area contributed by atoms with Crippen molar-refractivity contribution in [2.45, 2.75) is 19.1 Å². The monoisotopic (exact) mass is 377 g/mol. The van der Waals surface area contributed by atoms with Gasteiger partial charge in [0.05, 0.1) is 0 Å². The van der Waals surface area contributed by atoms with Crippen molar-refractivity contribution in [1.29, 1.82) is 0 Å². The summed E-state index contributed by atoms with van der Waals surface area (Å²) in [4.78, 5) is 14.1. The molecule has 1 atom stereocenters. The fraction of sp³-hybridized carbons (Fsp3) is 0.588. The Bertz CT molecular complexity index is 580. The largest absolute Gasteiger partial charge is 0.404 e. The van der Waals surface area contributed by atoms with Gasteiger partial charge in [-0.05, 0) is 18.5 Å². The Morgan fingerprint density at radius 3 is 2.52 bits per heavy atom. The third kappa shape index (κ3) is 4.27. The molecule has 25 heavy (non-hydrogen) atoms. The summed E-state index contributed by atoms with van der Waals surface area (Å²) in [5.41, 5.74) is -1.34. The summed E-state index contributed by atoms with van der Waals surface area (Å²) in [5.74, 6) is -0.640. The summed E-state index contributed by atoms with van der Waals surface area (Å²) in [6, 6.07) is 9.37. The van der Waals surface area contributed by atoms with Crippen LogP contribution in [0.25, 0.3) is 0 Å². The number of nitrogens with zero attached hydrogens (tertiary/aromatic N) is 1. The predicted octanol–water partition coefficient (Wildman–Crippen LogP) is 2.20. The first-order valence-electron chi connectivity index (χ1n) is 8.23. The quantitative estimate of drug-likeness (QED) is 0.827. The van der Waals surface area contributed by atoms with Gasteiger partial charge in [-0.2, -0.15) is 13.2 Å². The van der Waals surface area contributed by atoms with E-state index in [0.29, 0.717) is 13.1 Å². The molecule has 0 aromatic heterocycles. The highest BCUT2D eigenvalue weighted by Crippen LogP contribution is 2.46. The van der Waals surface area contributed by atoms with Crippen molar-refractivity contribution in [2.24, 2.45) is 11.3 Å². The minimum absolute atomic E-state index is 0. The molecular formula is C17H23ClF3N3O. The molecule has 8 heteroatoms. The number of rotatable bonds is 5. The molecule has 1 unspecified atom stereocenters.